The number of alkyl halides is 3. The Labute approximate surface area is 106 Å². The molecule has 0 aliphatic rings. The summed E-state index contributed by atoms with van der Waals surface area (Å²) in [5.74, 6) is -0.242. The molecule has 4 nitrogen and oxygen atoms in total. The van der Waals surface area contributed by atoms with Crippen LogP contribution in [0.3, 0.4) is 0 Å². The van der Waals surface area contributed by atoms with E-state index in [9.17, 15) is 13.2 Å². The van der Waals surface area contributed by atoms with Crippen molar-refractivity contribution in [3.05, 3.63) is 36.4 Å². The molecule has 2 rings (SSSR count). The second kappa shape index (κ2) is 4.98. The van der Waals surface area contributed by atoms with Gasteiger partial charge in [0, 0.05) is 0 Å². The lowest BCUT2D eigenvalue weighted by atomic mass is 10.1. The summed E-state index contributed by atoms with van der Waals surface area (Å²) < 4.78 is 44.6. The maximum atomic E-state index is 12.1. The molecule has 100 valence electrons. The summed E-state index contributed by atoms with van der Waals surface area (Å²) in [7, 11) is -1.99. The highest BCUT2D eigenvalue weighted by Crippen LogP contribution is 2.28. The molecule has 8 heteroatoms. The maximum absolute atomic E-state index is 12.1. The lowest BCUT2D eigenvalue weighted by molar-refractivity contribution is -0.274. The van der Waals surface area contributed by atoms with Crippen LogP contribution in [0.25, 0.3) is 10.8 Å². The fourth-order valence-electron chi connectivity index (χ4n) is 1.60. The van der Waals surface area contributed by atoms with Crippen molar-refractivity contribution in [3.63, 3.8) is 0 Å². The Bertz CT molecular complexity index is 586. The number of hydrogen-bond acceptors (Lipinski definition) is 4. The van der Waals surface area contributed by atoms with Gasteiger partial charge in [-0.1, -0.05) is 12.1 Å². The molecule has 2 aromatic carbocycles. The molecule has 0 bridgehead atoms. The third-order valence-corrected chi connectivity index (χ3v) is 2.26. The first-order valence-electron chi connectivity index (χ1n) is 5.16. The largest absolute Gasteiger partial charge is 0.707 e. The first-order valence-corrected chi connectivity index (χ1v) is 5.16. The van der Waals surface area contributed by atoms with E-state index in [0.717, 1.165) is 0 Å². The average molecular weight is 272 g/mol. The van der Waals surface area contributed by atoms with Crippen LogP contribution in [0, 0.1) is 0 Å². The van der Waals surface area contributed by atoms with Gasteiger partial charge in [-0.3, -0.25) is 0 Å². The van der Waals surface area contributed by atoms with Crippen molar-refractivity contribution in [3.8, 4) is 11.5 Å². The Kier molecular flexibility index (Phi) is 3.54. The SMILES string of the molecule is OB(O)Oc1ccc2ccc(OC(F)(F)F)cc2c1. The van der Waals surface area contributed by atoms with Crippen LogP contribution in [0.2, 0.25) is 0 Å². The van der Waals surface area contributed by atoms with Gasteiger partial charge in [-0.2, -0.15) is 0 Å². The zero-order valence-corrected chi connectivity index (χ0v) is 9.39. The number of rotatable bonds is 3. The van der Waals surface area contributed by atoms with Crippen LogP contribution >= 0.6 is 0 Å². The molecule has 0 atom stereocenters. The molecule has 0 aliphatic heterocycles. The topological polar surface area (TPSA) is 58.9 Å². The van der Waals surface area contributed by atoms with Crippen LogP contribution < -0.4 is 9.39 Å². The van der Waals surface area contributed by atoms with Crippen molar-refractivity contribution >= 4 is 18.1 Å². The van der Waals surface area contributed by atoms with Gasteiger partial charge in [0.2, 0.25) is 0 Å². The Hall–Kier alpha value is -1.93. The van der Waals surface area contributed by atoms with Gasteiger partial charge in [0.15, 0.2) is 0 Å². The highest BCUT2D eigenvalue weighted by molar-refractivity contribution is 6.33. The molecule has 0 radical (unpaired) electrons. The van der Waals surface area contributed by atoms with Gasteiger partial charge >= 0.3 is 13.7 Å². The van der Waals surface area contributed by atoms with E-state index in [1.54, 1.807) is 6.07 Å². The summed E-state index contributed by atoms with van der Waals surface area (Å²) in [6.07, 6.45) is -4.76. The highest BCUT2D eigenvalue weighted by Gasteiger charge is 2.31. The molecule has 0 fully saturated rings. The third-order valence-electron chi connectivity index (χ3n) is 2.26. The van der Waals surface area contributed by atoms with Gasteiger partial charge in [-0.25, -0.2) is 0 Å². The lowest BCUT2D eigenvalue weighted by Crippen LogP contribution is -2.20. The standard InChI is InChI=1S/C11H8BF3O4/c13-11(14,15)18-9-3-1-7-2-4-10(19-12(16)17)6-8(7)5-9/h1-6,16-17H. The molecule has 0 amide bonds. The normalized spacial score (nSPS) is 11.4. The van der Waals surface area contributed by atoms with Crippen LogP contribution in [-0.4, -0.2) is 23.7 Å². The van der Waals surface area contributed by atoms with Crippen LogP contribution in [0.1, 0.15) is 0 Å². The summed E-state index contributed by atoms with van der Waals surface area (Å²) in [6.45, 7) is 0. The second-order valence-corrected chi connectivity index (χ2v) is 3.66. The fourth-order valence-corrected chi connectivity index (χ4v) is 1.60. The van der Waals surface area contributed by atoms with Crippen LogP contribution in [0.4, 0.5) is 13.2 Å². The Morgan fingerprint density at radius 2 is 1.47 bits per heavy atom. The minimum absolute atomic E-state index is 0.117. The molecule has 0 aromatic heterocycles. The minimum Gasteiger partial charge on any atom is -0.512 e. The van der Waals surface area contributed by atoms with Gasteiger partial charge in [-0.15, -0.1) is 13.2 Å². The smallest absolute Gasteiger partial charge is 0.512 e. The molecule has 0 saturated carbocycles. The molecule has 0 aliphatic carbocycles. The number of benzene rings is 2. The van der Waals surface area contributed by atoms with E-state index in [4.69, 9.17) is 10.0 Å². The third kappa shape index (κ3) is 3.77. The highest BCUT2D eigenvalue weighted by atomic mass is 19.4. The molecule has 0 heterocycles. The van der Waals surface area contributed by atoms with Crippen LogP contribution in [-0.2, 0) is 0 Å². The first-order chi connectivity index (χ1) is 8.83. The number of halogens is 3. The number of fused-ring (bicyclic) bond motifs is 1. The van der Waals surface area contributed by atoms with Crippen molar-refractivity contribution in [1.82, 2.24) is 0 Å². The van der Waals surface area contributed by atoms with Gasteiger partial charge in [-0.05, 0) is 35.0 Å². The van der Waals surface area contributed by atoms with Crippen LogP contribution in [0.15, 0.2) is 36.4 Å². The van der Waals surface area contributed by atoms with Gasteiger partial charge in [0.05, 0.1) is 0 Å². The van der Waals surface area contributed by atoms with Crippen molar-refractivity contribution in [2.45, 2.75) is 6.36 Å². The molecule has 0 spiro atoms. The van der Waals surface area contributed by atoms with E-state index in [0.29, 0.717) is 10.8 Å². The van der Waals surface area contributed by atoms with Crippen LogP contribution in [0.5, 0.6) is 11.5 Å². The predicted octanol–water partition coefficient (Wildman–Crippen LogP) is 2.09. The molecule has 2 N–H and O–H groups in total. The molecular weight excluding hydrogens is 264 g/mol. The lowest BCUT2D eigenvalue weighted by Gasteiger charge is -2.10. The van der Waals surface area contributed by atoms with E-state index in [2.05, 4.69) is 9.39 Å². The van der Waals surface area contributed by atoms with E-state index >= 15 is 0 Å². The summed E-state index contributed by atoms with van der Waals surface area (Å²) in [6, 6.07) is 8.24. The monoisotopic (exact) mass is 272 g/mol. The predicted molar refractivity (Wildman–Crippen MR) is 61.5 cm³/mol. The van der Waals surface area contributed by atoms with Crippen molar-refractivity contribution in [1.29, 1.82) is 0 Å². The molecular formula is C11H8BF3O4. The van der Waals surface area contributed by atoms with E-state index in [1.165, 1.54) is 30.3 Å². The summed E-state index contributed by atoms with van der Waals surface area (Å²) in [5, 5.41) is 18.4. The summed E-state index contributed by atoms with van der Waals surface area (Å²) >= 11 is 0. The molecule has 19 heavy (non-hydrogen) atoms. The Morgan fingerprint density at radius 1 is 0.895 bits per heavy atom. The minimum atomic E-state index is -4.76. The fraction of sp³-hybridized carbons (Fsp3) is 0.0909. The quantitative estimate of drug-likeness (QED) is 0.840. The van der Waals surface area contributed by atoms with E-state index in [-0.39, 0.29) is 11.5 Å². The Morgan fingerprint density at radius 3 is 2.05 bits per heavy atom. The summed E-state index contributed by atoms with van der Waals surface area (Å²) in [4.78, 5) is 0. The molecule has 0 saturated heterocycles. The van der Waals surface area contributed by atoms with Gasteiger partial charge in [0.25, 0.3) is 0 Å². The van der Waals surface area contributed by atoms with E-state index in [1.807, 2.05) is 0 Å². The molecule has 0 unspecified atom stereocenters. The molecule has 2 aromatic rings. The van der Waals surface area contributed by atoms with Crippen molar-refractivity contribution in [2.75, 3.05) is 0 Å². The first kappa shape index (κ1) is 13.5. The number of ether oxygens (including phenoxy) is 1. The Balaban J connectivity index is 2.34. The number of hydrogen-bond donors (Lipinski definition) is 2. The van der Waals surface area contributed by atoms with Crippen molar-refractivity contribution < 1.29 is 32.6 Å². The van der Waals surface area contributed by atoms with E-state index < -0.39 is 13.7 Å². The summed E-state index contributed by atoms with van der Waals surface area (Å²) in [5.41, 5.74) is 0. The maximum Gasteiger partial charge on any atom is 0.707 e. The van der Waals surface area contributed by atoms with Gasteiger partial charge < -0.3 is 19.4 Å². The second-order valence-electron chi connectivity index (χ2n) is 3.66. The zero-order chi connectivity index (χ0) is 14.0. The van der Waals surface area contributed by atoms with Gasteiger partial charge in [0.1, 0.15) is 11.5 Å². The van der Waals surface area contributed by atoms with Crippen molar-refractivity contribution in [2.24, 2.45) is 0 Å². The average Bonchev–Trinajstić information content (AvgIpc) is 2.25. The zero-order valence-electron chi connectivity index (χ0n) is 9.39.